The van der Waals surface area contributed by atoms with Gasteiger partial charge in [-0.25, -0.2) is 0 Å². The number of halogens is 1. The Morgan fingerprint density at radius 3 is 2.59 bits per heavy atom. The monoisotopic (exact) mass is 487 g/mol. The van der Waals surface area contributed by atoms with Crippen molar-refractivity contribution in [3.8, 4) is 11.5 Å². The molecule has 0 unspecified atom stereocenters. The highest BCUT2D eigenvalue weighted by Gasteiger charge is 2.11. The van der Waals surface area contributed by atoms with E-state index in [1.54, 1.807) is 50.6 Å². The quantitative estimate of drug-likeness (QED) is 0.131. The van der Waals surface area contributed by atoms with Gasteiger partial charge in [0.2, 0.25) is 0 Å². The van der Waals surface area contributed by atoms with Crippen LogP contribution in [-0.2, 0) is 0 Å². The second kappa shape index (κ2) is 11.1. The molecular weight excluding hydrogens is 465 g/mol. The van der Waals surface area contributed by atoms with E-state index in [1.807, 2.05) is 0 Å². The number of nitrogens with zero attached hydrogens (tertiary/aromatic N) is 2. The van der Waals surface area contributed by atoms with Crippen molar-refractivity contribution in [1.82, 2.24) is 0 Å². The number of methoxy groups -OCH3 is 2. The first kappa shape index (κ1) is 22.3. The maximum atomic E-state index is 11.0. The zero-order valence-corrected chi connectivity index (χ0v) is 17.3. The predicted molar refractivity (Wildman–Crippen MR) is 117 cm³/mol. The van der Waals surface area contributed by atoms with E-state index >= 15 is 0 Å². The standard InChI is InChI=1S/C17H21N5O4.HI/c1-25-12-7-8-16(26-2)14(11-12)21-17(18)20-10-9-19-13-5-3-4-6-15(13)22(23)24;/h3-8,11,19H,9-10H2,1-2H3,(H3,18,20,21);1H. The van der Waals surface area contributed by atoms with E-state index in [0.29, 0.717) is 36.0 Å². The van der Waals surface area contributed by atoms with Gasteiger partial charge >= 0.3 is 0 Å². The predicted octanol–water partition coefficient (Wildman–Crippen LogP) is 3.07. The lowest BCUT2D eigenvalue weighted by Gasteiger charge is -2.12. The van der Waals surface area contributed by atoms with E-state index in [9.17, 15) is 10.1 Å². The van der Waals surface area contributed by atoms with Crippen LogP contribution in [0.1, 0.15) is 0 Å². The van der Waals surface area contributed by atoms with Crippen molar-refractivity contribution in [3.63, 3.8) is 0 Å². The molecule has 0 heterocycles. The normalized spacial score (nSPS) is 10.5. The summed E-state index contributed by atoms with van der Waals surface area (Å²) in [5.74, 6) is 1.45. The lowest BCUT2D eigenvalue weighted by Crippen LogP contribution is -2.24. The van der Waals surface area contributed by atoms with Crippen LogP contribution in [-0.4, -0.2) is 38.2 Å². The van der Waals surface area contributed by atoms with E-state index in [2.05, 4.69) is 15.6 Å². The third-order valence-corrected chi connectivity index (χ3v) is 3.48. The van der Waals surface area contributed by atoms with Gasteiger partial charge in [0.05, 0.1) is 31.4 Å². The molecule has 146 valence electrons. The second-order valence-corrected chi connectivity index (χ2v) is 5.16. The van der Waals surface area contributed by atoms with E-state index in [-0.39, 0.29) is 35.6 Å². The topological polar surface area (TPSA) is 124 Å². The number of para-hydroxylation sites is 2. The van der Waals surface area contributed by atoms with Gasteiger partial charge in [0, 0.05) is 18.7 Å². The Balaban J connectivity index is 0.00000364. The third-order valence-electron chi connectivity index (χ3n) is 3.48. The van der Waals surface area contributed by atoms with Crippen molar-refractivity contribution < 1.29 is 14.4 Å². The number of nitrogens with one attached hydrogen (secondary N) is 2. The van der Waals surface area contributed by atoms with E-state index < -0.39 is 4.92 Å². The number of anilines is 2. The summed E-state index contributed by atoms with van der Waals surface area (Å²) in [4.78, 5) is 14.7. The Labute approximate surface area is 174 Å². The number of ether oxygens (including phenoxy) is 2. The largest absolute Gasteiger partial charge is 0.497 e. The van der Waals surface area contributed by atoms with Gasteiger partial charge in [0.15, 0.2) is 5.96 Å². The smallest absolute Gasteiger partial charge is 0.292 e. The van der Waals surface area contributed by atoms with Crippen LogP contribution in [0.2, 0.25) is 0 Å². The average molecular weight is 487 g/mol. The number of benzene rings is 2. The maximum absolute atomic E-state index is 11.0. The van der Waals surface area contributed by atoms with Crippen molar-refractivity contribution in [3.05, 3.63) is 52.6 Å². The Morgan fingerprint density at radius 2 is 1.93 bits per heavy atom. The Bertz CT molecular complexity index is 801. The van der Waals surface area contributed by atoms with Gasteiger partial charge in [-0.15, -0.1) is 24.0 Å². The zero-order valence-electron chi connectivity index (χ0n) is 15.0. The average Bonchev–Trinajstić information content (AvgIpc) is 2.65. The van der Waals surface area contributed by atoms with Crippen LogP contribution in [0.5, 0.6) is 11.5 Å². The molecule has 0 saturated heterocycles. The fourth-order valence-electron chi connectivity index (χ4n) is 2.24. The summed E-state index contributed by atoms with van der Waals surface area (Å²) in [6.07, 6.45) is 0. The number of guanidine groups is 1. The Kier molecular flexibility index (Phi) is 9.13. The van der Waals surface area contributed by atoms with Gasteiger partial charge in [-0.1, -0.05) is 12.1 Å². The van der Waals surface area contributed by atoms with Crippen LogP contribution in [0.4, 0.5) is 17.1 Å². The van der Waals surface area contributed by atoms with Gasteiger partial charge in [0.1, 0.15) is 17.2 Å². The summed E-state index contributed by atoms with van der Waals surface area (Å²) in [5, 5.41) is 16.9. The van der Waals surface area contributed by atoms with E-state index in [0.717, 1.165) is 0 Å². The number of hydrogen-bond donors (Lipinski definition) is 3. The van der Waals surface area contributed by atoms with Crippen LogP contribution in [0, 0.1) is 10.1 Å². The molecule has 0 aromatic heterocycles. The molecule has 4 N–H and O–H groups in total. The molecule has 0 aliphatic rings. The van der Waals surface area contributed by atoms with Crippen LogP contribution in [0.25, 0.3) is 0 Å². The molecule has 0 atom stereocenters. The van der Waals surface area contributed by atoms with Gasteiger partial charge < -0.3 is 25.8 Å². The molecule has 2 aromatic rings. The van der Waals surface area contributed by atoms with E-state index in [4.69, 9.17) is 15.2 Å². The molecule has 0 bridgehead atoms. The van der Waals surface area contributed by atoms with Gasteiger partial charge in [-0.05, 0) is 18.2 Å². The zero-order chi connectivity index (χ0) is 18.9. The fourth-order valence-corrected chi connectivity index (χ4v) is 2.24. The molecule has 0 aliphatic carbocycles. The number of hydrogen-bond acceptors (Lipinski definition) is 6. The molecule has 0 spiro atoms. The molecule has 9 nitrogen and oxygen atoms in total. The molecule has 0 fully saturated rings. The summed E-state index contributed by atoms with van der Waals surface area (Å²) in [5.41, 5.74) is 6.97. The highest BCUT2D eigenvalue weighted by atomic mass is 127. The first-order chi connectivity index (χ1) is 12.5. The summed E-state index contributed by atoms with van der Waals surface area (Å²) in [6.45, 7) is 0.722. The number of nitro benzene ring substituents is 1. The van der Waals surface area contributed by atoms with Crippen molar-refractivity contribution >= 4 is 47.0 Å². The summed E-state index contributed by atoms with van der Waals surface area (Å²) in [6, 6.07) is 11.7. The molecule has 0 amide bonds. The molecule has 0 radical (unpaired) electrons. The first-order valence-corrected chi connectivity index (χ1v) is 7.81. The number of nitrogens with two attached hydrogens (primary N) is 1. The highest BCUT2D eigenvalue weighted by Crippen LogP contribution is 2.28. The first-order valence-electron chi connectivity index (χ1n) is 7.81. The van der Waals surface area contributed by atoms with Crippen LogP contribution in [0.3, 0.4) is 0 Å². The summed E-state index contributed by atoms with van der Waals surface area (Å²) in [7, 11) is 3.12. The third kappa shape index (κ3) is 6.47. The maximum Gasteiger partial charge on any atom is 0.292 e. The number of nitro groups is 1. The second-order valence-electron chi connectivity index (χ2n) is 5.16. The van der Waals surface area contributed by atoms with Crippen LogP contribution < -0.4 is 25.8 Å². The van der Waals surface area contributed by atoms with E-state index in [1.165, 1.54) is 6.07 Å². The fraction of sp³-hybridized carbons (Fsp3) is 0.235. The Hall–Kier alpha value is -2.76. The number of rotatable bonds is 8. The minimum absolute atomic E-state index is 0. The van der Waals surface area contributed by atoms with Crippen molar-refractivity contribution in [2.75, 3.05) is 37.9 Å². The molecular formula is C17H22IN5O4. The van der Waals surface area contributed by atoms with Gasteiger partial charge in [-0.3, -0.25) is 15.1 Å². The molecule has 2 rings (SSSR count). The molecule has 10 heteroatoms. The lowest BCUT2D eigenvalue weighted by molar-refractivity contribution is -0.384. The van der Waals surface area contributed by atoms with Crippen molar-refractivity contribution in [2.45, 2.75) is 0 Å². The van der Waals surface area contributed by atoms with Crippen molar-refractivity contribution in [2.24, 2.45) is 10.7 Å². The molecule has 0 saturated carbocycles. The summed E-state index contributed by atoms with van der Waals surface area (Å²) >= 11 is 0. The minimum atomic E-state index is -0.434. The minimum Gasteiger partial charge on any atom is -0.497 e. The number of aliphatic imine (C=N–C) groups is 1. The van der Waals surface area contributed by atoms with Gasteiger partial charge in [0.25, 0.3) is 5.69 Å². The van der Waals surface area contributed by atoms with Gasteiger partial charge in [-0.2, -0.15) is 0 Å². The van der Waals surface area contributed by atoms with Crippen LogP contribution in [0.15, 0.2) is 47.5 Å². The summed E-state index contributed by atoms with van der Waals surface area (Å²) < 4.78 is 10.4. The molecule has 27 heavy (non-hydrogen) atoms. The SMILES string of the molecule is COc1ccc(OC)c(NC(N)=NCCNc2ccccc2[N+](=O)[O-])c1.I. The Morgan fingerprint density at radius 1 is 1.19 bits per heavy atom. The van der Waals surface area contributed by atoms with Crippen molar-refractivity contribution in [1.29, 1.82) is 0 Å². The highest BCUT2D eigenvalue weighted by molar-refractivity contribution is 14.0. The lowest BCUT2D eigenvalue weighted by atomic mass is 10.2. The molecule has 2 aromatic carbocycles. The molecule has 0 aliphatic heterocycles. The van der Waals surface area contributed by atoms with Crippen LogP contribution >= 0.6 is 24.0 Å².